The van der Waals surface area contributed by atoms with Crippen molar-refractivity contribution in [2.24, 2.45) is 0 Å². The summed E-state index contributed by atoms with van der Waals surface area (Å²) in [7, 11) is 0. The molecule has 5 nitrogen and oxygen atoms in total. The van der Waals surface area contributed by atoms with Gasteiger partial charge in [-0.15, -0.1) is 0 Å². The standard InChI is InChI=1S/C35H30N4O/c1-21(2)31-18-23-10-5-7-12-27(23)37(31)25-16-17-26-33(20-25)39-30-15-9-14-29(34(30)40-35(39)36-26)38-28-13-8-6-11-24(28)19-32(38)22(3)4/h5-22H,1-4H3. The fourth-order valence-electron chi connectivity index (χ4n) is 6.30. The number of aromatic nitrogens is 4. The van der Waals surface area contributed by atoms with Gasteiger partial charge in [0.15, 0.2) is 5.58 Å². The van der Waals surface area contributed by atoms with Crippen molar-refractivity contribution in [1.82, 2.24) is 18.5 Å². The Hall–Kier alpha value is -4.77. The summed E-state index contributed by atoms with van der Waals surface area (Å²) in [6.45, 7) is 8.99. The quantitative estimate of drug-likeness (QED) is 0.231. The number of rotatable bonds is 4. The summed E-state index contributed by atoms with van der Waals surface area (Å²) in [5, 5.41) is 2.48. The molecule has 0 amide bonds. The molecule has 0 atom stereocenters. The van der Waals surface area contributed by atoms with Crippen molar-refractivity contribution in [3.8, 4) is 11.4 Å². The predicted molar refractivity (Wildman–Crippen MR) is 164 cm³/mol. The van der Waals surface area contributed by atoms with E-state index in [0.717, 1.165) is 33.5 Å². The lowest BCUT2D eigenvalue weighted by atomic mass is 10.1. The summed E-state index contributed by atoms with van der Waals surface area (Å²) in [5.74, 6) is 1.35. The third kappa shape index (κ3) is 3.18. The molecule has 8 aromatic rings. The van der Waals surface area contributed by atoms with Crippen LogP contribution in [0.2, 0.25) is 0 Å². The summed E-state index contributed by atoms with van der Waals surface area (Å²) in [6.07, 6.45) is 0. The van der Waals surface area contributed by atoms with Gasteiger partial charge in [-0.25, -0.2) is 0 Å². The average molecular weight is 523 g/mol. The highest BCUT2D eigenvalue weighted by molar-refractivity contribution is 5.94. The van der Waals surface area contributed by atoms with Crippen molar-refractivity contribution in [2.75, 3.05) is 0 Å². The Morgan fingerprint density at radius 3 is 1.93 bits per heavy atom. The van der Waals surface area contributed by atoms with Gasteiger partial charge in [-0.2, -0.15) is 4.98 Å². The highest BCUT2D eigenvalue weighted by Gasteiger charge is 2.21. The van der Waals surface area contributed by atoms with Crippen LogP contribution in [-0.2, 0) is 0 Å². The van der Waals surface area contributed by atoms with Crippen molar-refractivity contribution < 1.29 is 4.42 Å². The number of fused-ring (bicyclic) bond motifs is 7. The molecule has 0 unspecified atom stereocenters. The van der Waals surface area contributed by atoms with E-state index in [2.05, 4.69) is 138 Å². The van der Waals surface area contributed by atoms with Crippen LogP contribution in [-0.4, -0.2) is 18.5 Å². The van der Waals surface area contributed by atoms with Crippen LogP contribution in [0.25, 0.3) is 61.2 Å². The van der Waals surface area contributed by atoms with Gasteiger partial charge < -0.3 is 13.6 Å². The number of hydrogen-bond donors (Lipinski definition) is 0. The van der Waals surface area contributed by atoms with Crippen molar-refractivity contribution in [2.45, 2.75) is 39.5 Å². The number of benzene rings is 4. The number of para-hydroxylation sites is 3. The average Bonchev–Trinajstić information content (AvgIpc) is 3.71. The second-order valence-electron chi connectivity index (χ2n) is 11.4. The molecule has 5 heteroatoms. The van der Waals surface area contributed by atoms with Gasteiger partial charge in [-0.1, -0.05) is 70.2 Å². The number of hydrogen-bond acceptors (Lipinski definition) is 2. The number of imidazole rings is 1. The summed E-state index contributed by atoms with van der Waals surface area (Å²) in [5.41, 5.74) is 10.9. The molecule has 196 valence electrons. The SMILES string of the molecule is CC(C)c1cc2ccccc2n1-c1ccc2nc3oc4c(-n5c(C(C)C)cc6ccccc65)cccc4n3c2c1. The Morgan fingerprint density at radius 1 is 0.600 bits per heavy atom. The second-order valence-corrected chi connectivity index (χ2v) is 11.4. The lowest BCUT2D eigenvalue weighted by Crippen LogP contribution is -2.02. The van der Waals surface area contributed by atoms with Gasteiger partial charge in [0.05, 0.1) is 33.3 Å². The van der Waals surface area contributed by atoms with Gasteiger partial charge in [-0.3, -0.25) is 4.40 Å². The Bertz CT molecular complexity index is 2230. The Labute approximate surface area is 231 Å². The Balaban J connectivity index is 1.40. The first-order valence-electron chi connectivity index (χ1n) is 14.0. The normalized spacial score (nSPS) is 12.4. The molecule has 0 fully saturated rings. The zero-order chi connectivity index (χ0) is 27.1. The molecule has 0 aliphatic rings. The third-order valence-electron chi connectivity index (χ3n) is 8.18. The van der Waals surface area contributed by atoms with Gasteiger partial charge in [0.25, 0.3) is 0 Å². The van der Waals surface area contributed by atoms with Crippen molar-refractivity contribution in [1.29, 1.82) is 0 Å². The lowest BCUT2D eigenvalue weighted by molar-refractivity contribution is 0.639. The minimum atomic E-state index is 0.358. The molecule has 0 bridgehead atoms. The number of oxazole rings is 1. The van der Waals surface area contributed by atoms with Crippen molar-refractivity contribution >= 4 is 49.8 Å². The fraction of sp³-hybridized carbons (Fsp3) is 0.171. The summed E-state index contributed by atoms with van der Waals surface area (Å²) < 4.78 is 13.5. The Kier molecular flexibility index (Phi) is 4.84. The largest absolute Gasteiger partial charge is 0.421 e. The predicted octanol–water partition coefficient (Wildman–Crippen LogP) is 9.37. The summed E-state index contributed by atoms with van der Waals surface area (Å²) in [6, 6.07) is 34.7. The summed E-state index contributed by atoms with van der Waals surface area (Å²) >= 11 is 0. The van der Waals surface area contributed by atoms with Crippen LogP contribution in [0.5, 0.6) is 0 Å². The van der Waals surface area contributed by atoms with Crippen LogP contribution in [0.1, 0.15) is 50.9 Å². The van der Waals surface area contributed by atoms with Crippen molar-refractivity contribution in [3.63, 3.8) is 0 Å². The maximum atomic E-state index is 6.56. The van der Waals surface area contributed by atoms with E-state index in [4.69, 9.17) is 9.40 Å². The van der Waals surface area contributed by atoms with Gasteiger partial charge in [-0.05, 0) is 66.4 Å². The molecule has 0 aliphatic carbocycles. The zero-order valence-electron chi connectivity index (χ0n) is 23.1. The summed E-state index contributed by atoms with van der Waals surface area (Å²) in [4.78, 5) is 4.91. The molecule has 0 spiro atoms. The van der Waals surface area contributed by atoms with E-state index in [-0.39, 0.29) is 0 Å². The highest BCUT2D eigenvalue weighted by Crippen LogP contribution is 2.36. The van der Waals surface area contributed by atoms with Crippen LogP contribution < -0.4 is 0 Å². The van der Waals surface area contributed by atoms with Crippen molar-refractivity contribution in [3.05, 3.63) is 108 Å². The van der Waals surface area contributed by atoms with E-state index in [1.54, 1.807) is 0 Å². The molecular formula is C35H30N4O. The van der Waals surface area contributed by atoms with Gasteiger partial charge in [0, 0.05) is 27.8 Å². The van der Waals surface area contributed by atoms with E-state index in [1.165, 1.54) is 33.2 Å². The van der Waals surface area contributed by atoms with Crippen LogP contribution >= 0.6 is 0 Å². The zero-order valence-corrected chi connectivity index (χ0v) is 23.1. The van der Waals surface area contributed by atoms with E-state index >= 15 is 0 Å². The molecule has 0 saturated carbocycles. The third-order valence-corrected chi connectivity index (χ3v) is 8.18. The van der Waals surface area contributed by atoms with Crippen LogP contribution in [0.3, 0.4) is 0 Å². The van der Waals surface area contributed by atoms with Gasteiger partial charge in [0.2, 0.25) is 0 Å². The molecule has 0 saturated heterocycles. The second kappa shape index (κ2) is 8.36. The van der Waals surface area contributed by atoms with Crippen LogP contribution in [0.4, 0.5) is 0 Å². The molecule has 4 aromatic carbocycles. The molecule has 0 N–H and O–H groups in total. The van der Waals surface area contributed by atoms with E-state index < -0.39 is 0 Å². The lowest BCUT2D eigenvalue weighted by Gasteiger charge is -2.14. The van der Waals surface area contributed by atoms with Crippen LogP contribution in [0, 0.1) is 0 Å². The molecule has 4 aromatic heterocycles. The maximum Gasteiger partial charge on any atom is 0.307 e. The van der Waals surface area contributed by atoms with Crippen LogP contribution in [0.15, 0.2) is 101 Å². The minimum Gasteiger partial charge on any atom is -0.421 e. The fourth-order valence-corrected chi connectivity index (χ4v) is 6.30. The first kappa shape index (κ1) is 23.1. The molecule has 40 heavy (non-hydrogen) atoms. The first-order valence-corrected chi connectivity index (χ1v) is 14.0. The molecular weight excluding hydrogens is 492 g/mol. The highest BCUT2D eigenvalue weighted by atomic mass is 16.4. The first-order chi connectivity index (χ1) is 19.5. The topological polar surface area (TPSA) is 40.3 Å². The molecule has 8 rings (SSSR count). The maximum absolute atomic E-state index is 6.56. The number of nitrogens with zero attached hydrogens (tertiary/aromatic N) is 4. The minimum absolute atomic E-state index is 0.358. The molecule has 0 radical (unpaired) electrons. The molecule has 4 heterocycles. The van der Waals surface area contributed by atoms with E-state index in [9.17, 15) is 0 Å². The van der Waals surface area contributed by atoms with E-state index in [1.807, 2.05) is 0 Å². The monoisotopic (exact) mass is 522 g/mol. The van der Waals surface area contributed by atoms with E-state index in [0.29, 0.717) is 17.7 Å². The van der Waals surface area contributed by atoms with Gasteiger partial charge in [0.1, 0.15) is 0 Å². The van der Waals surface area contributed by atoms with Gasteiger partial charge >= 0.3 is 5.84 Å². The molecule has 0 aliphatic heterocycles. The Morgan fingerprint density at radius 2 is 1.23 bits per heavy atom. The smallest absolute Gasteiger partial charge is 0.307 e.